The zero-order valence-corrected chi connectivity index (χ0v) is 11.4. The maximum Gasteiger partial charge on any atom is 0.108 e. The van der Waals surface area contributed by atoms with Crippen molar-refractivity contribution in [2.24, 2.45) is 0 Å². The highest BCUT2D eigenvalue weighted by atomic mass is 79.9. The molecule has 1 aliphatic heterocycles. The summed E-state index contributed by atoms with van der Waals surface area (Å²) in [6.45, 7) is 7.66. The number of halogens is 1. The van der Waals surface area contributed by atoms with E-state index in [1.165, 1.54) is 5.01 Å². The molecule has 0 aromatic carbocycles. The number of thiazole rings is 1. The average molecular weight is 290 g/mol. The Hall–Kier alpha value is 0.0300. The number of hydrogen-bond donors (Lipinski definition) is 1. The maximum absolute atomic E-state index is 4.38. The summed E-state index contributed by atoms with van der Waals surface area (Å²) in [7, 11) is 0. The van der Waals surface area contributed by atoms with Crippen LogP contribution in [0.5, 0.6) is 0 Å². The Morgan fingerprint density at radius 3 is 3.13 bits per heavy atom. The third-order valence-electron chi connectivity index (χ3n) is 2.76. The number of rotatable bonds is 2. The lowest BCUT2D eigenvalue weighted by Crippen LogP contribution is -2.53. The van der Waals surface area contributed by atoms with E-state index in [1.54, 1.807) is 11.3 Å². The van der Waals surface area contributed by atoms with Crippen LogP contribution in [-0.4, -0.2) is 35.1 Å². The first-order chi connectivity index (χ1) is 7.15. The van der Waals surface area contributed by atoms with Crippen molar-refractivity contribution in [1.82, 2.24) is 15.2 Å². The Morgan fingerprint density at radius 2 is 2.47 bits per heavy atom. The summed E-state index contributed by atoms with van der Waals surface area (Å²) >= 11 is 5.18. The molecule has 1 N–H and O–H groups in total. The fourth-order valence-electron chi connectivity index (χ4n) is 1.85. The van der Waals surface area contributed by atoms with E-state index in [0.29, 0.717) is 12.1 Å². The van der Waals surface area contributed by atoms with Crippen LogP contribution in [0.1, 0.15) is 18.9 Å². The first kappa shape index (κ1) is 11.5. The highest BCUT2D eigenvalue weighted by Gasteiger charge is 2.22. The molecule has 0 aliphatic carbocycles. The second-order valence-electron chi connectivity index (χ2n) is 4.15. The zero-order chi connectivity index (χ0) is 10.8. The molecule has 2 rings (SSSR count). The molecule has 0 spiro atoms. The fourth-order valence-corrected chi connectivity index (χ4v) is 3.18. The van der Waals surface area contributed by atoms with Gasteiger partial charge in [-0.3, -0.25) is 4.90 Å². The molecule has 2 unspecified atom stereocenters. The van der Waals surface area contributed by atoms with Gasteiger partial charge in [-0.05, 0) is 29.8 Å². The summed E-state index contributed by atoms with van der Waals surface area (Å²) in [6.07, 6.45) is 1.89. The van der Waals surface area contributed by atoms with Crippen LogP contribution in [0.2, 0.25) is 0 Å². The first-order valence-electron chi connectivity index (χ1n) is 5.23. The van der Waals surface area contributed by atoms with E-state index < -0.39 is 0 Å². The summed E-state index contributed by atoms with van der Waals surface area (Å²) in [5.74, 6) is 0. The number of nitrogens with zero attached hydrogens (tertiary/aromatic N) is 2. The molecule has 15 heavy (non-hydrogen) atoms. The van der Waals surface area contributed by atoms with E-state index in [-0.39, 0.29) is 0 Å². The average Bonchev–Trinajstić information content (AvgIpc) is 2.58. The monoisotopic (exact) mass is 289 g/mol. The minimum absolute atomic E-state index is 0.588. The Kier molecular flexibility index (Phi) is 3.77. The lowest BCUT2D eigenvalue weighted by atomic mass is 10.1. The summed E-state index contributed by atoms with van der Waals surface area (Å²) in [4.78, 5) is 6.87. The van der Waals surface area contributed by atoms with E-state index in [1.807, 2.05) is 6.20 Å². The standard InChI is InChI=1S/C10H16BrN3S/c1-7-5-14(8(2)3-12-7)6-10-13-4-9(11)15-10/h4,7-8,12H,3,5-6H2,1-2H3. The molecule has 0 radical (unpaired) electrons. The van der Waals surface area contributed by atoms with E-state index in [2.05, 4.69) is 45.0 Å². The van der Waals surface area contributed by atoms with Gasteiger partial charge in [-0.2, -0.15) is 0 Å². The highest BCUT2D eigenvalue weighted by Crippen LogP contribution is 2.21. The predicted octanol–water partition coefficient (Wildman–Crippen LogP) is 2.09. The van der Waals surface area contributed by atoms with E-state index >= 15 is 0 Å². The third kappa shape index (κ3) is 3.00. The van der Waals surface area contributed by atoms with Gasteiger partial charge in [0.05, 0.1) is 16.5 Å². The summed E-state index contributed by atoms with van der Waals surface area (Å²) in [6, 6.07) is 1.19. The second-order valence-corrected chi connectivity index (χ2v) is 6.64. The lowest BCUT2D eigenvalue weighted by Gasteiger charge is -2.36. The number of aromatic nitrogens is 1. The fraction of sp³-hybridized carbons (Fsp3) is 0.700. The normalized spacial score (nSPS) is 28.2. The van der Waals surface area contributed by atoms with Crippen molar-refractivity contribution in [2.75, 3.05) is 13.1 Å². The number of hydrogen-bond acceptors (Lipinski definition) is 4. The summed E-state index contributed by atoms with van der Waals surface area (Å²) in [5, 5.41) is 4.68. The van der Waals surface area contributed by atoms with Crippen LogP contribution in [0.3, 0.4) is 0 Å². The Morgan fingerprint density at radius 1 is 1.67 bits per heavy atom. The molecule has 2 heterocycles. The van der Waals surface area contributed by atoms with Crippen LogP contribution in [-0.2, 0) is 6.54 Å². The summed E-state index contributed by atoms with van der Waals surface area (Å²) in [5.41, 5.74) is 0. The molecule has 84 valence electrons. The maximum atomic E-state index is 4.38. The topological polar surface area (TPSA) is 28.2 Å². The van der Waals surface area contributed by atoms with Crippen LogP contribution in [0.25, 0.3) is 0 Å². The Bertz CT molecular complexity index is 328. The minimum atomic E-state index is 0.588. The first-order valence-corrected chi connectivity index (χ1v) is 6.83. The Balaban J connectivity index is 1.98. The molecule has 0 saturated carbocycles. The second kappa shape index (κ2) is 4.91. The molecule has 5 heteroatoms. The molecule has 1 fully saturated rings. The van der Waals surface area contributed by atoms with Crippen LogP contribution in [0.15, 0.2) is 9.98 Å². The summed E-state index contributed by atoms with van der Waals surface area (Å²) < 4.78 is 1.12. The lowest BCUT2D eigenvalue weighted by molar-refractivity contribution is 0.138. The van der Waals surface area contributed by atoms with Crippen molar-refractivity contribution in [3.8, 4) is 0 Å². The SMILES string of the molecule is CC1CN(Cc2ncc(Br)s2)C(C)CN1. The van der Waals surface area contributed by atoms with Crippen LogP contribution in [0, 0.1) is 0 Å². The quantitative estimate of drug-likeness (QED) is 0.904. The van der Waals surface area contributed by atoms with Gasteiger partial charge < -0.3 is 5.32 Å². The smallest absolute Gasteiger partial charge is 0.108 e. The van der Waals surface area contributed by atoms with E-state index in [0.717, 1.165) is 23.4 Å². The van der Waals surface area contributed by atoms with Gasteiger partial charge in [0.2, 0.25) is 0 Å². The molecule has 1 aromatic rings. The molecule has 3 nitrogen and oxygen atoms in total. The molecule has 1 saturated heterocycles. The van der Waals surface area contributed by atoms with Crippen molar-refractivity contribution < 1.29 is 0 Å². The number of nitrogens with one attached hydrogen (secondary N) is 1. The van der Waals surface area contributed by atoms with Gasteiger partial charge in [0.15, 0.2) is 0 Å². The Labute approximate surface area is 103 Å². The van der Waals surface area contributed by atoms with Gasteiger partial charge in [-0.1, -0.05) is 0 Å². The molecule has 0 amide bonds. The van der Waals surface area contributed by atoms with Crippen molar-refractivity contribution in [2.45, 2.75) is 32.5 Å². The van der Waals surface area contributed by atoms with Gasteiger partial charge in [0, 0.05) is 25.2 Å². The van der Waals surface area contributed by atoms with Crippen LogP contribution in [0.4, 0.5) is 0 Å². The zero-order valence-electron chi connectivity index (χ0n) is 9.03. The molecule has 1 aromatic heterocycles. The van der Waals surface area contributed by atoms with Gasteiger partial charge in [-0.25, -0.2) is 4.98 Å². The molecular weight excluding hydrogens is 274 g/mol. The van der Waals surface area contributed by atoms with Crippen LogP contribution >= 0.6 is 27.3 Å². The van der Waals surface area contributed by atoms with E-state index in [4.69, 9.17) is 0 Å². The highest BCUT2D eigenvalue weighted by molar-refractivity contribution is 9.11. The van der Waals surface area contributed by atoms with Crippen molar-refractivity contribution in [3.05, 3.63) is 15.0 Å². The van der Waals surface area contributed by atoms with Gasteiger partial charge in [-0.15, -0.1) is 11.3 Å². The largest absolute Gasteiger partial charge is 0.311 e. The van der Waals surface area contributed by atoms with Gasteiger partial charge in [0.1, 0.15) is 5.01 Å². The van der Waals surface area contributed by atoms with Crippen molar-refractivity contribution in [3.63, 3.8) is 0 Å². The van der Waals surface area contributed by atoms with Crippen molar-refractivity contribution in [1.29, 1.82) is 0 Å². The minimum Gasteiger partial charge on any atom is -0.311 e. The van der Waals surface area contributed by atoms with Crippen LogP contribution < -0.4 is 5.32 Å². The third-order valence-corrected chi connectivity index (χ3v) is 4.22. The molecule has 1 aliphatic rings. The predicted molar refractivity (Wildman–Crippen MR) is 67.2 cm³/mol. The molecule has 2 atom stereocenters. The molecule has 0 bridgehead atoms. The number of piperazine rings is 1. The van der Waals surface area contributed by atoms with Gasteiger partial charge in [0.25, 0.3) is 0 Å². The van der Waals surface area contributed by atoms with Gasteiger partial charge >= 0.3 is 0 Å². The van der Waals surface area contributed by atoms with Crippen molar-refractivity contribution >= 4 is 27.3 Å². The van der Waals surface area contributed by atoms with E-state index in [9.17, 15) is 0 Å². The molecular formula is C10H16BrN3S.